The molecule has 148 valence electrons. The number of ether oxygens (including phenoxy) is 1. The summed E-state index contributed by atoms with van der Waals surface area (Å²) in [5.41, 5.74) is 0.946. The van der Waals surface area contributed by atoms with Gasteiger partial charge in [-0.15, -0.1) is 0 Å². The standard InChI is InChI=1S/C18H32N4O3S/c1-20(10-11-21-8-4-3-5-9-21)14-16-13-19-18(26(2,23)24)22(16)15-17-7-6-12-25-17/h13,17H,3-12,14-15H2,1-2H3. The van der Waals surface area contributed by atoms with Crippen LogP contribution in [0.4, 0.5) is 0 Å². The van der Waals surface area contributed by atoms with E-state index in [0.717, 1.165) is 38.2 Å². The molecule has 0 aromatic carbocycles. The fourth-order valence-corrected chi connectivity index (χ4v) is 4.69. The van der Waals surface area contributed by atoms with Crippen LogP contribution in [-0.4, -0.2) is 80.0 Å². The Labute approximate surface area is 157 Å². The average molecular weight is 385 g/mol. The monoisotopic (exact) mass is 384 g/mol. The highest BCUT2D eigenvalue weighted by Gasteiger charge is 2.24. The number of likely N-dealkylation sites (tertiary alicyclic amines) is 1. The van der Waals surface area contributed by atoms with Crippen LogP contribution in [0.1, 0.15) is 37.8 Å². The summed E-state index contributed by atoms with van der Waals surface area (Å²) in [5, 5.41) is 0.160. The summed E-state index contributed by atoms with van der Waals surface area (Å²) in [4.78, 5) is 8.99. The minimum atomic E-state index is -3.35. The SMILES string of the molecule is CN(CCN1CCCCC1)Cc1cnc(S(C)(=O)=O)n1CC1CCCO1. The van der Waals surface area contributed by atoms with Crippen LogP contribution in [0.2, 0.25) is 0 Å². The highest BCUT2D eigenvalue weighted by molar-refractivity contribution is 7.90. The zero-order valence-corrected chi connectivity index (χ0v) is 16.9. The van der Waals surface area contributed by atoms with Crippen LogP contribution in [0.15, 0.2) is 11.4 Å². The van der Waals surface area contributed by atoms with Gasteiger partial charge in [0.2, 0.25) is 15.0 Å². The fraction of sp³-hybridized carbons (Fsp3) is 0.833. The molecule has 3 heterocycles. The number of imidazole rings is 1. The van der Waals surface area contributed by atoms with Gasteiger partial charge in [0.15, 0.2) is 0 Å². The molecule has 1 aromatic heterocycles. The normalized spacial score (nSPS) is 22.3. The van der Waals surface area contributed by atoms with Crippen LogP contribution < -0.4 is 0 Å². The van der Waals surface area contributed by atoms with Crippen LogP contribution in [0.25, 0.3) is 0 Å². The second kappa shape index (κ2) is 8.82. The molecular formula is C18H32N4O3S. The molecule has 0 amide bonds. The number of piperidine rings is 1. The molecule has 2 saturated heterocycles. The molecule has 2 aliphatic heterocycles. The molecule has 1 atom stereocenters. The number of rotatable bonds is 8. The van der Waals surface area contributed by atoms with E-state index in [4.69, 9.17) is 4.74 Å². The second-order valence-corrected chi connectivity index (χ2v) is 9.60. The van der Waals surface area contributed by atoms with Gasteiger partial charge in [0, 0.05) is 32.5 Å². The second-order valence-electron chi connectivity index (χ2n) is 7.69. The van der Waals surface area contributed by atoms with Crippen LogP contribution in [0, 0.1) is 0 Å². The van der Waals surface area contributed by atoms with Gasteiger partial charge in [0.05, 0.1) is 24.5 Å². The summed E-state index contributed by atoms with van der Waals surface area (Å²) in [5.74, 6) is 0. The third kappa shape index (κ3) is 5.28. The van der Waals surface area contributed by atoms with Crippen molar-refractivity contribution in [2.45, 2.75) is 56.5 Å². The number of hydrogen-bond donors (Lipinski definition) is 0. The summed E-state index contributed by atoms with van der Waals surface area (Å²) >= 11 is 0. The third-order valence-electron chi connectivity index (χ3n) is 5.32. The molecule has 2 aliphatic rings. The molecule has 0 radical (unpaired) electrons. The predicted octanol–water partition coefficient (Wildman–Crippen LogP) is 1.38. The number of aromatic nitrogens is 2. The van der Waals surface area contributed by atoms with Crippen molar-refractivity contribution in [1.29, 1.82) is 0 Å². The molecule has 0 N–H and O–H groups in total. The van der Waals surface area contributed by atoms with E-state index in [9.17, 15) is 8.42 Å². The van der Waals surface area contributed by atoms with Crippen molar-refractivity contribution in [3.63, 3.8) is 0 Å². The first-order valence-electron chi connectivity index (χ1n) is 9.70. The van der Waals surface area contributed by atoms with Gasteiger partial charge in [-0.2, -0.15) is 0 Å². The summed E-state index contributed by atoms with van der Waals surface area (Å²) in [7, 11) is -1.26. The van der Waals surface area contributed by atoms with Gasteiger partial charge in [-0.05, 0) is 45.8 Å². The maximum Gasteiger partial charge on any atom is 0.227 e. The van der Waals surface area contributed by atoms with Crippen molar-refractivity contribution in [3.05, 3.63) is 11.9 Å². The Morgan fingerprint density at radius 1 is 1.27 bits per heavy atom. The molecular weight excluding hydrogens is 352 g/mol. The molecule has 0 saturated carbocycles. The maximum absolute atomic E-state index is 12.1. The van der Waals surface area contributed by atoms with E-state index in [1.807, 2.05) is 4.57 Å². The molecule has 1 aromatic rings. The Kier molecular flexibility index (Phi) is 6.71. The van der Waals surface area contributed by atoms with E-state index in [2.05, 4.69) is 21.8 Å². The minimum Gasteiger partial charge on any atom is -0.376 e. The molecule has 0 spiro atoms. The summed E-state index contributed by atoms with van der Waals surface area (Å²) in [6, 6.07) is 0. The predicted molar refractivity (Wildman–Crippen MR) is 101 cm³/mol. The number of sulfone groups is 1. The van der Waals surface area contributed by atoms with E-state index >= 15 is 0 Å². The van der Waals surface area contributed by atoms with Gasteiger partial charge in [-0.3, -0.25) is 4.90 Å². The van der Waals surface area contributed by atoms with Crippen molar-refractivity contribution >= 4 is 9.84 Å². The van der Waals surface area contributed by atoms with Crippen LogP contribution in [0.3, 0.4) is 0 Å². The topological polar surface area (TPSA) is 67.7 Å². The lowest BCUT2D eigenvalue weighted by Gasteiger charge is -2.28. The molecule has 2 fully saturated rings. The maximum atomic E-state index is 12.1. The number of hydrogen-bond acceptors (Lipinski definition) is 6. The lowest BCUT2D eigenvalue weighted by atomic mass is 10.1. The molecule has 0 bridgehead atoms. The molecule has 3 rings (SSSR count). The highest BCUT2D eigenvalue weighted by Crippen LogP contribution is 2.19. The van der Waals surface area contributed by atoms with E-state index in [1.165, 1.54) is 38.6 Å². The Morgan fingerprint density at radius 2 is 2.04 bits per heavy atom. The Balaban J connectivity index is 1.64. The lowest BCUT2D eigenvalue weighted by molar-refractivity contribution is 0.0933. The fourth-order valence-electron chi connectivity index (χ4n) is 3.85. The van der Waals surface area contributed by atoms with E-state index < -0.39 is 9.84 Å². The first-order valence-corrected chi connectivity index (χ1v) is 11.6. The summed E-state index contributed by atoms with van der Waals surface area (Å²) in [6.07, 6.45) is 8.99. The molecule has 8 heteroatoms. The zero-order valence-electron chi connectivity index (χ0n) is 16.1. The van der Waals surface area contributed by atoms with Gasteiger partial charge in [0.25, 0.3) is 0 Å². The highest BCUT2D eigenvalue weighted by atomic mass is 32.2. The van der Waals surface area contributed by atoms with Gasteiger partial charge < -0.3 is 14.2 Å². The molecule has 0 aliphatic carbocycles. The molecule has 1 unspecified atom stereocenters. The average Bonchev–Trinajstić information content (AvgIpc) is 3.24. The summed E-state index contributed by atoms with van der Waals surface area (Å²) in [6.45, 7) is 6.46. The van der Waals surface area contributed by atoms with Gasteiger partial charge in [-0.1, -0.05) is 6.42 Å². The van der Waals surface area contributed by atoms with Gasteiger partial charge in [-0.25, -0.2) is 13.4 Å². The first-order chi connectivity index (χ1) is 12.4. The summed E-state index contributed by atoms with van der Waals surface area (Å²) < 4.78 is 31.8. The largest absolute Gasteiger partial charge is 0.376 e. The lowest BCUT2D eigenvalue weighted by Crippen LogP contribution is -2.36. The Morgan fingerprint density at radius 3 is 2.69 bits per heavy atom. The number of likely N-dealkylation sites (N-methyl/N-ethyl adjacent to an activating group) is 1. The molecule has 26 heavy (non-hydrogen) atoms. The smallest absolute Gasteiger partial charge is 0.227 e. The van der Waals surface area contributed by atoms with Gasteiger partial charge in [0.1, 0.15) is 0 Å². The number of nitrogens with zero attached hydrogens (tertiary/aromatic N) is 4. The van der Waals surface area contributed by atoms with E-state index in [-0.39, 0.29) is 11.3 Å². The van der Waals surface area contributed by atoms with E-state index in [0.29, 0.717) is 13.1 Å². The van der Waals surface area contributed by atoms with Crippen molar-refractivity contribution in [3.8, 4) is 0 Å². The Hall–Kier alpha value is -0.960. The zero-order chi connectivity index (χ0) is 18.6. The van der Waals surface area contributed by atoms with E-state index in [1.54, 1.807) is 6.20 Å². The van der Waals surface area contributed by atoms with Crippen molar-refractivity contribution in [2.75, 3.05) is 46.1 Å². The Bertz CT molecular complexity index is 677. The van der Waals surface area contributed by atoms with Crippen LogP contribution in [-0.2, 0) is 27.7 Å². The van der Waals surface area contributed by atoms with Crippen LogP contribution in [0.5, 0.6) is 0 Å². The van der Waals surface area contributed by atoms with Crippen molar-refractivity contribution in [1.82, 2.24) is 19.4 Å². The van der Waals surface area contributed by atoms with Crippen molar-refractivity contribution in [2.24, 2.45) is 0 Å². The quantitative estimate of drug-likeness (QED) is 0.675. The van der Waals surface area contributed by atoms with Crippen LogP contribution >= 0.6 is 0 Å². The minimum absolute atomic E-state index is 0.0853. The van der Waals surface area contributed by atoms with Crippen molar-refractivity contribution < 1.29 is 13.2 Å². The molecule has 7 nitrogen and oxygen atoms in total. The first kappa shape index (κ1) is 19.8. The van der Waals surface area contributed by atoms with Gasteiger partial charge >= 0.3 is 0 Å². The third-order valence-corrected chi connectivity index (χ3v) is 6.31.